The van der Waals surface area contributed by atoms with Gasteiger partial charge >= 0.3 is 0 Å². The van der Waals surface area contributed by atoms with Crippen molar-refractivity contribution < 1.29 is 5.11 Å². The van der Waals surface area contributed by atoms with Crippen LogP contribution in [0.3, 0.4) is 0 Å². The van der Waals surface area contributed by atoms with Crippen molar-refractivity contribution >= 4 is 21.6 Å². The minimum atomic E-state index is -0.192. The molecule has 0 radical (unpaired) electrons. The summed E-state index contributed by atoms with van der Waals surface area (Å²) in [6.45, 7) is 0. The third kappa shape index (κ3) is 2.95. The van der Waals surface area contributed by atoms with Crippen LogP contribution >= 0.6 is 15.9 Å². The summed E-state index contributed by atoms with van der Waals surface area (Å²) in [5, 5.41) is 13.2. The fourth-order valence-corrected chi connectivity index (χ4v) is 2.30. The standard InChI is InChI=1S/C12H16BrNO/c13-9-5-7-10(8-6-9)14-11-3-1-2-4-12(11)15/h5-8,11-12,14-15H,1-4H2/t11-,12-/m1/s1. The first-order valence-electron chi connectivity index (χ1n) is 5.46. The van der Waals surface area contributed by atoms with E-state index in [2.05, 4.69) is 21.2 Å². The Kier molecular flexibility index (Phi) is 3.65. The first-order chi connectivity index (χ1) is 7.25. The van der Waals surface area contributed by atoms with Gasteiger partial charge in [0.05, 0.1) is 12.1 Å². The SMILES string of the molecule is O[C@@H]1CCCC[C@H]1Nc1ccc(Br)cc1. The minimum absolute atomic E-state index is 0.192. The largest absolute Gasteiger partial charge is 0.391 e. The maximum absolute atomic E-state index is 9.81. The van der Waals surface area contributed by atoms with E-state index < -0.39 is 0 Å². The van der Waals surface area contributed by atoms with Crippen molar-refractivity contribution in [3.63, 3.8) is 0 Å². The van der Waals surface area contributed by atoms with Crippen LogP contribution in [-0.2, 0) is 0 Å². The molecule has 1 aliphatic rings. The molecule has 1 aliphatic carbocycles. The maximum Gasteiger partial charge on any atom is 0.0741 e. The van der Waals surface area contributed by atoms with Crippen LogP contribution in [-0.4, -0.2) is 17.3 Å². The summed E-state index contributed by atoms with van der Waals surface area (Å²) in [5.41, 5.74) is 1.09. The number of rotatable bonds is 2. The van der Waals surface area contributed by atoms with Crippen molar-refractivity contribution in [2.24, 2.45) is 0 Å². The van der Waals surface area contributed by atoms with Crippen molar-refractivity contribution in [1.82, 2.24) is 0 Å². The molecule has 1 fully saturated rings. The van der Waals surface area contributed by atoms with E-state index in [1.54, 1.807) is 0 Å². The molecule has 2 atom stereocenters. The minimum Gasteiger partial charge on any atom is -0.391 e. The molecule has 1 aromatic carbocycles. The molecule has 0 bridgehead atoms. The first kappa shape index (κ1) is 11.0. The van der Waals surface area contributed by atoms with E-state index in [4.69, 9.17) is 0 Å². The lowest BCUT2D eigenvalue weighted by Crippen LogP contribution is -2.36. The van der Waals surface area contributed by atoms with Gasteiger partial charge in [-0.1, -0.05) is 28.8 Å². The molecular weight excluding hydrogens is 254 g/mol. The number of aliphatic hydroxyl groups excluding tert-OH is 1. The van der Waals surface area contributed by atoms with Gasteiger partial charge in [0.1, 0.15) is 0 Å². The molecule has 0 amide bonds. The molecule has 0 saturated heterocycles. The zero-order valence-corrected chi connectivity index (χ0v) is 10.2. The molecule has 2 nitrogen and oxygen atoms in total. The molecule has 0 heterocycles. The molecule has 1 saturated carbocycles. The molecule has 82 valence electrons. The van der Waals surface area contributed by atoms with Crippen LogP contribution in [0.15, 0.2) is 28.7 Å². The van der Waals surface area contributed by atoms with Crippen molar-refractivity contribution in [3.8, 4) is 0 Å². The van der Waals surface area contributed by atoms with E-state index >= 15 is 0 Å². The van der Waals surface area contributed by atoms with Crippen molar-refractivity contribution in [1.29, 1.82) is 0 Å². The van der Waals surface area contributed by atoms with Gasteiger partial charge in [0.25, 0.3) is 0 Å². The van der Waals surface area contributed by atoms with Crippen LogP contribution in [0.5, 0.6) is 0 Å². The second-order valence-corrected chi connectivity index (χ2v) is 5.03. The number of aliphatic hydroxyl groups is 1. The summed E-state index contributed by atoms with van der Waals surface area (Å²) in [7, 11) is 0. The Morgan fingerprint density at radius 2 is 1.80 bits per heavy atom. The average molecular weight is 270 g/mol. The van der Waals surface area contributed by atoms with E-state index in [0.29, 0.717) is 0 Å². The van der Waals surface area contributed by atoms with Gasteiger partial charge in [-0.2, -0.15) is 0 Å². The predicted octanol–water partition coefficient (Wildman–Crippen LogP) is 3.16. The Labute approximate surface area is 98.8 Å². The molecule has 15 heavy (non-hydrogen) atoms. The maximum atomic E-state index is 9.81. The number of nitrogens with one attached hydrogen (secondary N) is 1. The van der Waals surface area contributed by atoms with Crippen molar-refractivity contribution in [2.45, 2.75) is 37.8 Å². The van der Waals surface area contributed by atoms with Gasteiger partial charge in [0, 0.05) is 10.2 Å². The number of anilines is 1. The molecule has 3 heteroatoms. The van der Waals surface area contributed by atoms with Crippen LogP contribution in [0.2, 0.25) is 0 Å². The summed E-state index contributed by atoms with van der Waals surface area (Å²) < 4.78 is 1.08. The molecular formula is C12H16BrNO. The summed E-state index contributed by atoms with van der Waals surface area (Å²) in [6, 6.07) is 8.31. The van der Waals surface area contributed by atoms with Gasteiger partial charge in [-0.05, 0) is 37.1 Å². The molecule has 2 N–H and O–H groups in total. The van der Waals surface area contributed by atoms with Crippen molar-refractivity contribution in [3.05, 3.63) is 28.7 Å². The third-order valence-corrected chi connectivity index (χ3v) is 3.45. The summed E-state index contributed by atoms with van der Waals surface area (Å²) >= 11 is 3.41. The van der Waals surface area contributed by atoms with Crippen LogP contribution in [0, 0.1) is 0 Å². The van der Waals surface area contributed by atoms with Crippen molar-refractivity contribution in [2.75, 3.05) is 5.32 Å². The molecule has 1 aromatic rings. The summed E-state index contributed by atoms with van der Waals surface area (Å²) in [4.78, 5) is 0. The number of hydrogen-bond donors (Lipinski definition) is 2. The highest BCUT2D eigenvalue weighted by atomic mass is 79.9. The Morgan fingerprint density at radius 3 is 2.47 bits per heavy atom. The zero-order valence-electron chi connectivity index (χ0n) is 8.62. The molecule has 0 unspecified atom stereocenters. The molecule has 0 aromatic heterocycles. The zero-order chi connectivity index (χ0) is 10.7. The summed E-state index contributed by atoms with van der Waals surface area (Å²) in [5.74, 6) is 0. The number of hydrogen-bond acceptors (Lipinski definition) is 2. The van der Waals surface area contributed by atoms with Gasteiger partial charge in [-0.25, -0.2) is 0 Å². The molecule has 0 aliphatic heterocycles. The van der Waals surface area contributed by atoms with Crippen LogP contribution in [0.4, 0.5) is 5.69 Å². The summed E-state index contributed by atoms with van der Waals surface area (Å²) in [6.07, 6.45) is 4.17. The molecule has 0 spiro atoms. The highest BCUT2D eigenvalue weighted by molar-refractivity contribution is 9.10. The highest BCUT2D eigenvalue weighted by Crippen LogP contribution is 2.23. The monoisotopic (exact) mass is 269 g/mol. The Morgan fingerprint density at radius 1 is 1.13 bits per heavy atom. The highest BCUT2D eigenvalue weighted by Gasteiger charge is 2.22. The second-order valence-electron chi connectivity index (χ2n) is 4.11. The fraction of sp³-hybridized carbons (Fsp3) is 0.500. The van der Waals surface area contributed by atoms with Gasteiger partial charge in [0.2, 0.25) is 0 Å². The van der Waals surface area contributed by atoms with E-state index in [0.717, 1.165) is 29.4 Å². The Balaban J connectivity index is 1.98. The van der Waals surface area contributed by atoms with E-state index in [1.807, 2.05) is 24.3 Å². The van der Waals surface area contributed by atoms with Crippen LogP contribution in [0.1, 0.15) is 25.7 Å². The smallest absolute Gasteiger partial charge is 0.0741 e. The lowest BCUT2D eigenvalue weighted by Gasteiger charge is -2.29. The van der Waals surface area contributed by atoms with Gasteiger partial charge in [-0.15, -0.1) is 0 Å². The predicted molar refractivity (Wildman–Crippen MR) is 66.0 cm³/mol. The fourth-order valence-electron chi connectivity index (χ4n) is 2.04. The quantitative estimate of drug-likeness (QED) is 0.865. The average Bonchev–Trinajstić information content (AvgIpc) is 2.25. The van der Waals surface area contributed by atoms with Gasteiger partial charge < -0.3 is 10.4 Å². The van der Waals surface area contributed by atoms with Crippen LogP contribution < -0.4 is 5.32 Å². The Bertz CT molecular complexity index is 312. The Hall–Kier alpha value is -0.540. The number of benzene rings is 1. The van der Waals surface area contributed by atoms with Gasteiger partial charge in [-0.3, -0.25) is 0 Å². The topological polar surface area (TPSA) is 32.3 Å². The van der Waals surface area contributed by atoms with Crippen LogP contribution in [0.25, 0.3) is 0 Å². The van der Waals surface area contributed by atoms with E-state index in [-0.39, 0.29) is 12.1 Å². The number of halogens is 1. The van der Waals surface area contributed by atoms with Gasteiger partial charge in [0.15, 0.2) is 0 Å². The second kappa shape index (κ2) is 4.99. The lowest BCUT2D eigenvalue weighted by atomic mass is 9.92. The van der Waals surface area contributed by atoms with E-state index in [1.165, 1.54) is 6.42 Å². The van der Waals surface area contributed by atoms with E-state index in [9.17, 15) is 5.11 Å². The molecule has 2 rings (SSSR count). The first-order valence-corrected chi connectivity index (χ1v) is 6.25. The lowest BCUT2D eigenvalue weighted by molar-refractivity contribution is 0.116. The normalized spacial score (nSPS) is 26.3. The third-order valence-electron chi connectivity index (χ3n) is 2.93.